The fourth-order valence-electron chi connectivity index (χ4n) is 2.71. The molecule has 3 nitrogen and oxygen atoms in total. The first-order valence-corrected chi connectivity index (χ1v) is 6.37. The van der Waals surface area contributed by atoms with Gasteiger partial charge in [0.2, 0.25) is 0 Å². The molecule has 2 heterocycles. The van der Waals surface area contributed by atoms with Crippen LogP contribution >= 0.6 is 0 Å². The maximum Gasteiger partial charge on any atom is 0.0743 e. The highest BCUT2D eigenvalue weighted by molar-refractivity contribution is 4.84. The average Bonchev–Trinajstić information content (AvgIpc) is 2.58. The molecule has 3 heteroatoms. The van der Waals surface area contributed by atoms with Gasteiger partial charge in [0.1, 0.15) is 0 Å². The Bertz CT molecular complexity index is 172. The van der Waals surface area contributed by atoms with Crippen molar-refractivity contribution in [2.45, 2.75) is 50.7 Å². The molecule has 0 spiro atoms. The van der Waals surface area contributed by atoms with E-state index >= 15 is 0 Å². The van der Waals surface area contributed by atoms with Crippen molar-refractivity contribution in [3.05, 3.63) is 0 Å². The van der Waals surface area contributed by atoms with E-state index in [1.54, 1.807) is 0 Å². The molecule has 0 saturated carbocycles. The number of hydrogen-bond acceptors (Lipinski definition) is 3. The summed E-state index contributed by atoms with van der Waals surface area (Å²) in [5.74, 6) is 0.356. The molecule has 0 aliphatic carbocycles. The average molecular weight is 213 g/mol. The molecule has 0 aromatic rings. The predicted octanol–water partition coefficient (Wildman–Crippen LogP) is 1.31. The van der Waals surface area contributed by atoms with E-state index in [0.29, 0.717) is 12.0 Å². The van der Waals surface area contributed by atoms with Crippen LogP contribution in [0.25, 0.3) is 0 Å². The van der Waals surface area contributed by atoms with Crippen molar-refractivity contribution in [2.75, 3.05) is 19.8 Å². The summed E-state index contributed by atoms with van der Waals surface area (Å²) in [6.07, 6.45) is 6.96. The quantitative estimate of drug-likeness (QED) is 0.726. The highest BCUT2D eigenvalue weighted by Crippen LogP contribution is 2.22. The molecule has 0 amide bonds. The van der Waals surface area contributed by atoms with Crippen molar-refractivity contribution in [1.82, 2.24) is 5.32 Å². The summed E-state index contributed by atoms with van der Waals surface area (Å²) in [6, 6.07) is 0.305. The summed E-state index contributed by atoms with van der Waals surface area (Å²) >= 11 is 0. The molecule has 2 saturated heterocycles. The van der Waals surface area contributed by atoms with Crippen molar-refractivity contribution in [1.29, 1.82) is 0 Å². The second-order valence-electron chi connectivity index (χ2n) is 4.88. The van der Waals surface area contributed by atoms with Crippen molar-refractivity contribution in [3.63, 3.8) is 0 Å². The van der Waals surface area contributed by atoms with E-state index < -0.39 is 0 Å². The molecule has 0 bridgehead atoms. The second-order valence-corrected chi connectivity index (χ2v) is 4.88. The third-order valence-electron chi connectivity index (χ3n) is 3.69. The third kappa shape index (κ3) is 3.16. The smallest absolute Gasteiger partial charge is 0.0743 e. The van der Waals surface area contributed by atoms with Gasteiger partial charge >= 0.3 is 0 Å². The first kappa shape index (κ1) is 11.4. The van der Waals surface area contributed by atoms with Gasteiger partial charge in [-0.3, -0.25) is 0 Å². The summed E-state index contributed by atoms with van der Waals surface area (Å²) in [7, 11) is 0. The largest absolute Gasteiger partial charge is 0.391 e. The van der Waals surface area contributed by atoms with E-state index in [0.717, 1.165) is 39.0 Å². The Balaban J connectivity index is 1.83. The number of ether oxygens (including phenoxy) is 1. The van der Waals surface area contributed by atoms with E-state index in [2.05, 4.69) is 5.32 Å². The molecular formula is C12H23NO2. The fourth-order valence-corrected chi connectivity index (χ4v) is 2.71. The number of nitrogens with one attached hydrogen (secondary N) is 1. The van der Waals surface area contributed by atoms with Gasteiger partial charge in [0.25, 0.3) is 0 Å². The molecule has 0 aromatic carbocycles. The first-order valence-electron chi connectivity index (χ1n) is 6.37. The molecule has 2 rings (SSSR count). The van der Waals surface area contributed by atoms with Crippen LogP contribution in [0.5, 0.6) is 0 Å². The van der Waals surface area contributed by atoms with Crippen LogP contribution in [0.1, 0.15) is 38.5 Å². The minimum atomic E-state index is -0.205. The topological polar surface area (TPSA) is 41.5 Å². The van der Waals surface area contributed by atoms with Crippen molar-refractivity contribution >= 4 is 0 Å². The van der Waals surface area contributed by atoms with Gasteiger partial charge in [-0.05, 0) is 32.2 Å². The standard InChI is InChI=1S/C12H23NO2/c14-12(10-5-4-8-15-9-10)11-6-2-1-3-7-13-11/h10-14H,1-9H2. The van der Waals surface area contributed by atoms with E-state index in [1.165, 1.54) is 19.3 Å². The van der Waals surface area contributed by atoms with Gasteiger partial charge in [-0.15, -0.1) is 0 Å². The lowest BCUT2D eigenvalue weighted by Crippen LogP contribution is -2.45. The number of hydrogen-bond donors (Lipinski definition) is 2. The summed E-state index contributed by atoms with van der Waals surface area (Å²) in [4.78, 5) is 0. The van der Waals surface area contributed by atoms with Crippen LogP contribution in [0.3, 0.4) is 0 Å². The van der Waals surface area contributed by atoms with Gasteiger partial charge in [0.15, 0.2) is 0 Å². The molecular weight excluding hydrogens is 190 g/mol. The lowest BCUT2D eigenvalue weighted by atomic mass is 9.89. The number of rotatable bonds is 2. The summed E-state index contributed by atoms with van der Waals surface area (Å²) in [5, 5.41) is 13.8. The Morgan fingerprint density at radius 3 is 2.87 bits per heavy atom. The van der Waals surface area contributed by atoms with Crippen molar-refractivity contribution in [2.24, 2.45) is 5.92 Å². The van der Waals surface area contributed by atoms with Gasteiger partial charge in [-0.1, -0.05) is 12.8 Å². The Hall–Kier alpha value is -0.120. The van der Waals surface area contributed by atoms with Gasteiger partial charge in [0, 0.05) is 18.6 Å². The van der Waals surface area contributed by atoms with Crippen LogP contribution in [0.15, 0.2) is 0 Å². The Labute approximate surface area is 92.2 Å². The molecule has 3 atom stereocenters. The van der Waals surface area contributed by atoms with Gasteiger partial charge in [-0.25, -0.2) is 0 Å². The van der Waals surface area contributed by atoms with Crippen LogP contribution in [0.4, 0.5) is 0 Å². The number of aliphatic hydroxyl groups is 1. The highest BCUT2D eigenvalue weighted by Gasteiger charge is 2.29. The van der Waals surface area contributed by atoms with Crippen LogP contribution in [-0.2, 0) is 4.74 Å². The van der Waals surface area contributed by atoms with E-state index in [1.807, 2.05) is 0 Å². The van der Waals surface area contributed by atoms with E-state index in [4.69, 9.17) is 4.74 Å². The summed E-state index contributed by atoms with van der Waals surface area (Å²) in [6.45, 7) is 2.69. The zero-order chi connectivity index (χ0) is 10.5. The molecule has 0 radical (unpaired) electrons. The van der Waals surface area contributed by atoms with E-state index in [-0.39, 0.29) is 6.10 Å². The third-order valence-corrected chi connectivity index (χ3v) is 3.69. The predicted molar refractivity (Wildman–Crippen MR) is 59.8 cm³/mol. The first-order chi connectivity index (χ1) is 7.38. The molecule has 2 N–H and O–H groups in total. The fraction of sp³-hybridized carbons (Fsp3) is 1.00. The lowest BCUT2D eigenvalue weighted by Gasteiger charge is -2.32. The molecule has 2 aliphatic rings. The zero-order valence-electron chi connectivity index (χ0n) is 9.45. The van der Waals surface area contributed by atoms with Crippen LogP contribution in [0.2, 0.25) is 0 Å². The monoisotopic (exact) mass is 213 g/mol. The lowest BCUT2D eigenvalue weighted by molar-refractivity contribution is -0.0241. The van der Waals surface area contributed by atoms with Gasteiger partial charge in [0.05, 0.1) is 12.7 Å². The summed E-state index contributed by atoms with van der Waals surface area (Å²) < 4.78 is 5.44. The maximum absolute atomic E-state index is 10.3. The second kappa shape index (κ2) is 5.83. The van der Waals surface area contributed by atoms with Crippen molar-refractivity contribution < 1.29 is 9.84 Å². The minimum Gasteiger partial charge on any atom is -0.391 e. The molecule has 2 aliphatic heterocycles. The zero-order valence-corrected chi connectivity index (χ0v) is 9.45. The maximum atomic E-state index is 10.3. The Morgan fingerprint density at radius 2 is 2.07 bits per heavy atom. The number of aliphatic hydroxyl groups excluding tert-OH is 1. The van der Waals surface area contributed by atoms with Crippen LogP contribution in [0, 0.1) is 5.92 Å². The van der Waals surface area contributed by atoms with Gasteiger partial charge < -0.3 is 15.2 Å². The highest BCUT2D eigenvalue weighted by atomic mass is 16.5. The molecule has 2 fully saturated rings. The minimum absolute atomic E-state index is 0.205. The normalized spacial score (nSPS) is 35.8. The van der Waals surface area contributed by atoms with Crippen molar-refractivity contribution in [3.8, 4) is 0 Å². The van der Waals surface area contributed by atoms with Crippen LogP contribution in [-0.4, -0.2) is 37.0 Å². The Kier molecular flexibility index (Phi) is 4.42. The van der Waals surface area contributed by atoms with E-state index in [9.17, 15) is 5.11 Å². The molecule has 0 aromatic heterocycles. The molecule has 3 unspecified atom stereocenters. The summed E-state index contributed by atoms with van der Waals surface area (Å²) in [5.41, 5.74) is 0. The van der Waals surface area contributed by atoms with Crippen LogP contribution < -0.4 is 5.32 Å². The SMILES string of the molecule is OC(C1CCCOC1)C1CCCCCN1. The molecule has 88 valence electrons. The Morgan fingerprint density at radius 1 is 1.13 bits per heavy atom. The van der Waals surface area contributed by atoms with Gasteiger partial charge in [-0.2, -0.15) is 0 Å². The molecule has 15 heavy (non-hydrogen) atoms.